The third-order valence-corrected chi connectivity index (χ3v) is 2.87. The van der Waals surface area contributed by atoms with Gasteiger partial charge < -0.3 is 19.7 Å². The van der Waals surface area contributed by atoms with Gasteiger partial charge in [-0.05, 0) is 0 Å². The predicted octanol–water partition coefficient (Wildman–Crippen LogP) is -1.68. The Labute approximate surface area is 107 Å². The summed E-state index contributed by atoms with van der Waals surface area (Å²) in [6, 6.07) is 1.13. The summed E-state index contributed by atoms with van der Waals surface area (Å²) in [6.07, 6.45) is -1.54. The van der Waals surface area contributed by atoms with Crippen LogP contribution in [0.4, 0.5) is 0 Å². The summed E-state index contributed by atoms with van der Waals surface area (Å²) in [5, 5.41) is 19.2. The summed E-state index contributed by atoms with van der Waals surface area (Å²) in [5.41, 5.74) is -1.26. The summed E-state index contributed by atoms with van der Waals surface area (Å²) < 4.78 is 11.5. The summed E-state index contributed by atoms with van der Waals surface area (Å²) >= 11 is 0. The van der Waals surface area contributed by atoms with Crippen LogP contribution in [0.5, 0.6) is 0 Å². The van der Waals surface area contributed by atoms with Crippen LogP contribution in [-0.4, -0.2) is 44.7 Å². The van der Waals surface area contributed by atoms with E-state index in [-0.39, 0.29) is 6.61 Å². The quantitative estimate of drug-likeness (QED) is 0.563. The molecular weight excluding hydrogens is 256 g/mol. The normalized spacial score (nSPS) is 30.2. The van der Waals surface area contributed by atoms with E-state index in [0.29, 0.717) is 0 Å². The summed E-state index contributed by atoms with van der Waals surface area (Å²) in [4.78, 5) is 24.7. The molecule has 0 unspecified atom stereocenters. The minimum absolute atomic E-state index is 0.385. The van der Waals surface area contributed by atoms with Gasteiger partial charge >= 0.3 is 5.69 Å². The highest BCUT2D eigenvalue weighted by molar-refractivity contribution is 4.94. The molecule has 8 heteroatoms. The van der Waals surface area contributed by atoms with Crippen LogP contribution in [0.1, 0.15) is 6.23 Å². The molecule has 0 spiro atoms. The molecule has 1 aliphatic rings. The fraction of sp³-hybridized carbons (Fsp3) is 0.455. The molecule has 0 saturated carbocycles. The zero-order chi connectivity index (χ0) is 14.0. The number of aromatic nitrogens is 2. The Morgan fingerprint density at radius 2 is 2.32 bits per heavy atom. The highest BCUT2D eigenvalue weighted by atomic mass is 16.6. The van der Waals surface area contributed by atoms with Crippen LogP contribution < -0.4 is 11.2 Å². The van der Waals surface area contributed by atoms with Gasteiger partial charge in [-0.15, -0.1) is 0 Å². The third kappa shape index (κ3) is 2.46. The maximum Gasteiger partial charge on any atom is 0.330 e. The van der Waals surface area contributed by atoms with Crippen LogP contribution >= 0.6 is 0 Å². The fourth-order valence-corrected chi connectivity index (χ4v) is 2.00. The molecule has 1 aromatic heterocycles. The summed E-state index contributed by atoms with van der Waals surface area (Å²) in [5.74, 6) is 0. The van der Waals surface area contributed by atoms with Gasteiger partial charge in [0.1, 0.15) is 12.2 Å². The van der Waals surface area contributed by atoms with Crippen molar-refractivity contribution in [3.05, 3.63) is 45.9 Å². The smallest absolute Gasteiger partial charge is 0.330 e. The second-order valence-electron chi connectivity index (χ2n) is 4.02. The maximum absolute atomic E-state index is 11.6. The average Bonchev–Trinajstić information content (AvgIpc) is 2.68. The molecule has 1 saturated heterocycles. The number of H-pyrrole nitrogens is 1. The van der Waals surface area contributed by atoms with E-state index in [4.69, 9.17) is 14.6 Å². The van der Waals surface area contributed by atoms with Crippen LogP contribution in [0, 0.1) is 0 Å². The van der Waals surface area contributed by atoms with Crippen molar-refractivity contribution in [2.45, 2.75) is 24.5 Å². The second kappa shape index (κ2) is 5.39. The highest BCUT2D eigenvalue weighted by Crippen LogP contribution is 2.30. The zero-order valence-electron chi connectivity index (χ0n) is 9.93. The van der Waals surface area contributed by atoms with Gasteiger partial charge in [-0.25, -0.2) is 4.79 Å². The molecule has 0 amide bonds. The van der Waals surface area contributed by atoms with Gasteiger partial charge in [0.05, 0.1) is 12.9 Å². The van der Waals surface area contributed by atoms with Crippen molar-refractivity contribution in [3.8, 4) is 0 Å². The Kier molecular flexibility index (Phi) is 3.84. The minimum atomic E-state index is -1.18. The second-order valence-corrected chi connectivity index (χ2v) is 4.02. The third-order valence-electron chi connectivity index (χ3n) is 2.87. The molecule has 1 fully saturated rings. The van der Waals surface area contributed by atoms with Gasteiger partial charge in [-0.3, -0.25) is 14.3 Å². The van der Waals surface area contributed by atoms with Crippen LogP contribution in [-0.2, 0) is 9.47 Å². The highest BCUT2D eigenvalue weighted by Gasteiger charge is 2.45. The Morgan fingerprint density at radius 3 is 2.89 bits per heavy atom. The molecule has 2 rings (SSSR count). The van der Waals surface area contributed by atoms with Crippen LogP contribution in [0.3, 0.4) is 0 Å². The van der Waals surface area contributed by atoms with Gasteiger partial charge in [0.25, 0.3) is 5.56 Å². The van der Waals surface area contributed by atoms with E-state index < -0.39 is 35.8 Å². The first-order valence-corrected chi connectivity index (χ1v) is 5.60. The van der Waals surface area contributed by atoms with E-state index in [1.807, 2.05) is 0 Å². The van der Waals surface area contributed by atoms with Crippen molar-refractivity contribution < 1.29 is 19.7 Å². The first-order valence-electron chi connectivity index (χ1n) is 5.60. The topological polar surface area (TPSA) is 114 Å². The number of aliphatic hydroxyl groups excluding tert-OH is 2. The number of rotatable bonds is 4. The van der Waals surface area contributed by atoms with Crippen LogP contribution in [0.2, 0.25) is 0 Å². The van der Waals surface area contributed by atoms with Crippen LogP contribution in [0.15, 0.2) is 34.7 Å². The van der Waals surface area contributed by atoms with E-state index >= 15 is 0 Å². The molecule has 0 radical (unpaired) electrons. The standard InChI is InChI=1S/C11H14N2O6/c1-2-18-9-6(5-14)19-10(8(9)16)13-4-3-7(15)12-11(13)17/h2-4,6,8-10,14,16H,1,5H2,(H,12,15,17)/t6-,8-,9-,10-/m1/s1. The van der Waals surface area contributed by atoms with Gasteiger partial charge in [0.15, 0.2) is 12.3 Å². The van der Waals surface area contributed by atoms with Crippen molar-refractivity contribution in [3.63, 3.8) is 0 Å². The molecule has 0 bridgehead atoms. The number of ether oxygens (including phenoxy) is 2. The van der Waals surface area contributed by atoms with Crippen molar-refractivity contribution in [2.75, 3.05) is 6.61 Å². The number of nitrogens with one attached hydrogen (secondary N) is 1. The largest absolute Gasteiger partial charge is 0.493 e. The monoisotopic (exact) mass is 270 g/mol. The molecule has 3 N–H and O–H groups in total. The molecule has 19 heavy (non-hydrogen) atoms. The van der Waals surface area contributed by atoms with Crippen LogP contribution in [0.25, 0.3) is 0 Å². The van der Waals surface area contributed by atoms with Gasteiger partial charge in [0.2, 0.25) is 0 Å². The van der Waals surface area contributed by atoms with Crippen molar-refractivity contribution in [1.29, 1.82) is 0 Å². The van der Waals surface area contributed by atoms with Crippen molar-refractivity contribution >= 4 is 0 Å². The van der Waals surface area contributed by atoms with Crippen molar-refractivity contribution in [2.24, 2.45) is 0 Å². The van der Waals surface area contributed by atoms with Gasteiger partial charge in [-0.1, -0.05) is 6.58 Å². The lowest BCUT2D eigenvalue weighted by molar-refractivity contribution is -0.0554. The molecule has 4 atom stereocenters. The molecule has 0 aromatic carbocycles. The molecule has 1 aliphatic heterocycles. The molecule has 8 nitrogen and oxygen atoms in total. The molecular formula is C11H14N2O6. The Morgan fingerprint density at radius 1 is 1.58 bits per heavy atom. The Balaban J connectivity index is 2.33. The average molecular weight is 270 g/mol. The fourth-order valence-electron chi connectivity index (χ4n) is 2.00. The minimum Gasteiger partial charge on any atom is -0.493 e. The molecule has 1 aromatic rings. The SMILES string of the molecule is C=CO[C@H]1[C@@H](O)[C@H](n2ccc(=O)[nH]c2=O)O[C@@H]1CO. The number of aromatic amines is 1. The van der Waals surface area contributed by atoms with Gasteiger partial charge in [0, 0.05) is 12.3 Å². The first kappa shape index (κ1) is 13.5. The lowest BCUT2D eigenvalue weighted by Crippen LogP contribution is -2.38. The zero-order valence-corrected chi connectivity index (χ0v) is 9.93. The van der Waals surface area contributed by atoms with E-state index in [2.05, 4.69) is 11.6 Å². The Bertz CT molecular complexity index is 565. The van der Waals surface area contributed by atoms with Crippen molar-refractivity contribution in [1.82, 2.24) is 9.55 Å². The molecule has 2 heterocycles. The summed E-state index contributed by atoms with van der Waals surface area (Å²) in [6.45, 7) is 2.98. The Hall–Kier alpha value is -1.90. The first-order chi connectivity index (χ1) is 9.08. The molecule has 0 aliphatic carbocycles. The predicted molar refractivity (Wildman–Crippen MR) is 63.4 cm³/mol. The van der Waals surface area contributed by atoms with E-state index in [1.165, 1.54) is 6.20 Å². The lowest BCUT2D eigenvalue weighted by atomic mass is 10.1. The number of hydrogen-bond donors (Lipinski definition) is 3. The maximum atomic E-state index is 11.6. The number of aliphatic hydroxyl groups is 2. The van der Waals surface area contributed by atoms with E-state index in [9.17, 15) is 14.7 Å². The molecule has 104 valence electrons. The van der Waals surface area contributed by atoms with Gasteiger partial charge in [-0.2, -0.15) is 0 Å². The number of nitrogens with zero attached hydrogens (tertiary/aromatic N) is 1. The number of hydrogen-bond acceptors (Lipinski definition) is 6. The lowest BCUT2D eigenvalue weighted by Gasteiger charge is -2.18. The van der Waals surface area contributed by atoms with E-state index in [0.717, 1.165) is 16.9 Å². The summed E-state index contributed by atoms with van der Waals surface area (Å²) in [7, 11) is 0. The van der Waals surface area contributed by atoms with E-state index in [1.54, 1.807) is 0 Å².